The predicted molar refractivity (Wildman–Crippen MR) is 111 cm³/mol. The summed E-state index contributed by atoms with van der Waals surface area (Å²) in [5, 5.41) is 0.261. The van der Waals surface area contributed by atoms with Crippen LogP contribution >= 0.6 is 0 Å². The molecule has 5 heterocycles. The Balaban J connectivity index is 1.39. The second-order valence-electron chi connectivity index (χ2n) is 7.00. The number of H-pyrrole nitrogens is 1. The molecule has 0 unspecified atom stereocenters. The van der Waals surface area contributed by atoms with E-state index in [2.05, 4.69) is 24.8 Å². The van der Waals surface area contributed by atoms with Crippen LogP contribution in [-0.2, 0) is 6.54 Å². The minimum absolute atomic E-state index is 0.0499. The molecule has 5 rings (SSSR count). The van der Waals surface area contributed by atoms with E-state index in [4.69, 9.17) is 4.42 Å². The fraction of sp³-hybridized carbons (Fsp3) is 0.250. The van der Waals surface area contributed by atoms with Crippen LogP contribution in [0.3, 0.4) is 0 Å². The Morgan fingerprint density at radius 2 is 1.83 bits per heavy atom. The SMILES string of the molecule is O=c1[nH]c2nc(N3CCN(c4ccccn4)CC3)ncc2c(=O)n1Cc1ccco1. The zero-order chi connectivity index (χ0) is 20.5. The number of hydrogen-bond donors (Lipinski definition) is 1. The van der Waals surface area contributed by atoms with Crippen LogP contribution in [0.25, 0.3) is 11.0 Å². The summed E-state index contributed by atoms with van der Waals surface area (Å²) < 4.78 is 6.32. The molecule has 4 aromatic heterocycles. The molecule has 0 aliphatic carbocycles. The van der Waals surface area contributed by atoms with E-state index in [0.29, 0.717) is 24.8 Å². The van der Waals surface area contributed by atoms with Crippen LogP contribution < -0.4 is 21.0 Å². The Bertz CT molecular complexity index is 1270. The van der Waals surface area contributed by atoms with Crippen LogP contribution in [0.1, 0.15) is 5.76 Å². The van der Waals surface area contributed by atoms with Crippen molar-refractivity contribution in [2.45, 2.75) is 6.54 Å². The molecule has 0 saturated carbocycles. The molecule has 0 bridgehead atoms. The number of anilines is 2. The zero-order valence-corrected chi connectivity index (χ0v) is 16.1. The van der Waals surface area contributed by atoms with Gasteiger partial charge in [0.25, 0.3) is 5.56 Å². The quantitative estimate of drug-likeness (QED) is 0.532. The lowest BCUT2D eigenvalue weighted by molar-refractivity contribution is 0.484. The standard InChI is InChI=1S/C20H19N7O3/c28-18-15-12-22-19(26-9-7-25(8-10-26)16-5-1-2-6-21-16)23-17(15)24-20(29)27(18)13-14-4-3-11-30-14/h1-6,11-12H,7-10,13H2,(H,22,23,24,29). The first-order valence-electron chi connectivity index (χ1n) is 9.62. The fourth-order valence-electron chi connectivity index (χ4n) is 3.56. The summed E-state index contributed by atoms with van der Waals surface area (Å²) >= 11 is 0. The largest absolute Gasteiger partial charge is 0.467 e. The van der Waals surface area contributed by atoms with Gasteiger partial charge in [-0.2, -0.15) is 4.98 Å². The van der Waals surface area contributed by atoms with E-state index >= 15 is 0 Å². The molecule has 1 saturated heterocycles. The highest BCUT2D eigenvalue weighted by Gasteiger charge is 2.21. The molecule has 0 aromatic carbocycles. The van der Waals surface area contributed by atoms with Crippen molar-refractivity contribution in [3.05, 3.63) is 75.6 Å². The second-order valence-corrected chi connectivity index (χ2v) is 7.00. The maximum absolute atomic E-state index is 12.8. The Hall–Kier alpha value is -3.95. The number of aromatic nitrogens is 5. The molecule has 1 N–H and O–H groups in total. The lowest BCUT2D eigenvalue weighted by Gasteiger charge is -2.35. The van der Waals surface area contributed by atoms with Crippen molar-refractivity contribution in [3.8, 4) is 0 Å². The molecule has 30 heavy (non-hydrogen) atoms. The molecule has 0 atom stereocenters. The molecule has 1 fully saturated rings. The van der Waals surface area contributed by atoms with Gasteiger partial charge in [-0.25, -0.2) is 14.8 Å². The molecular formula is C20H19N7O3. The third-order valence-corrected chi connectivity index (χ3v) is 5.15. The minimum atomic E-state index is -0.534. The van der Waals surface area contributed by atoms with Crippen LogP contribution in [0, 0.1) is 0 Å². The summed E-state index contributed by atoms with van der Waals surface area (Å²) in [5.41, 5.74) is -0.747. The van der Waals surface area contributed by atoms with Crippen molar-refractivity contribution < 1.29 is 4.42 Å². The van der Waals surface area contributed by atoms with E-state index in [1.165, 1.54) is 12.5 Å². The Morgan fingerprint density at radius 3 is 2.57 bits per heavy atom. The average molecular weight is 405 g/mol. The van der Waals surface area contributed by atoms with Crippen molar-refractivity contribution in [1.29, 1.82) is 0 Å². The molecule has 10 heteroatoms. The summed E-state index contributed by atoms with van der Waals surface area (Å²) in [7, 11) is 0. The molecule has 0 radical (unpaired) electrons. The highest BCUT2D eigenvalue weighted by Crippen LogP contribution is 2.16. The summed E-state index contributed by atoms with van der Waals surface area (Å²) in [4.78, 5) is 45.3. The van der Waals surface area contributed by atoms with Gasteiger partial charge in [-0.15, -0.1) is 0 Å². The highest BCUT2D eigenvalue weighted by molar-refractivity contribution is 5.73. The molecule has 1 aliphatic heterocycles. The number of pyridine rings is 1. The third kappa shape index (κ3) is 3.32. The second kappa shape index (κ2) is 7.47. The molecular weight excluding hydrogens is 386 g/mol. The lowest BCUT2D eigenvalue weighted by atomic mass is 10.3. The van der Waals surface area contributed by atoms with Gasteiger partial charge in [0.05, 0.1) is 12.8 Å². The zero-order valence-electron chi connectivity index (χ0n) is 16.1. The van der Waals surface area contributed by atoms with Gasteiger partial charge in [0.1, 0.15) is 17.0 Å². The van der Waals surface area contributed by atoms with E-state index in [1.807, 2.05) is 23.1 Å². The van der Waals surface area contributed by atoms with Crippen molar-refractivity contribution in [3.63, 3.8) is 0 Å². The van der Waals surface area contributed by atoms with Gasteiger partial charge in [0.2, 0.25) is 5.95 Å². The summed E-state index contributed by atoms with van der Waals surface area (Å²) in [6, 6.07) is 9.27. The van der Waals surface area contributed by atoms with Gasteiger partial charge < -0.3 is 14.2 Å². The normalized spacial score (nSPS) is 14.4. The highest BCUT2D eigenvalue weighted by atomic mass is 16.3. The van der Waals surface area contributed by atoms with Crippen LogP contribution in [0.5, 0.6) is 0 Å². The first-order valence-corrected chi connectivity index (χ1v) is 9.62. The monoisotopic (exact) mass is 405 g/mol. The van der Waals surface area contributed by atoms with Gasteiger partial charge >= 0.3 is 5.69 Å². The molecule has 0 spiro atoms. The number of aromatic amines is 1. The van der Waals surface area contributed by atoms with Crippen molar-refractivity contribution in [1.82, 2.24) is 24.5 Å². The van der Waals surface area contributed by atoms with E-state index in [9.17, 15) is 9.59 Å². The van der Waals surface area contributed by atoms with E-state index in [1.54, 1.807) is 18.3 Å². The molecule has 0 amide bonds. The Labute approximate surface area is 170 Å². The number of nitrogens with one attached hydrogen (secondary N) is 1. The molecule has 1 aliphatic rings. The number of fused-ring (bicyclic) bond motifs is 1. The van der Waals surface area contributed by atoms with Gasteiger partial charge in [0, 0.05) is 38.6 Å². The smallest absolute Gasteiger partial charge is 0.330 e. The van der Waals surface area contributed by atoms with Crippen molar-refractivity contribution in [2.75, 3.05) is 36.0 Å². The van der Waals surface area contributed by atoms with E-state index in [0.717, 1.165) is 23.5 Å². The predicted octanol–water partition coefficient (Wildman–Crippen LogP) is 0.843. The number of hydrogen-bond acceptors (Lipinski definition) is 8. The molecule has 4 aromatic rings. The van der Waals surface area contributed by atoms with Crippen LogP contribution in [-0.4, -0.2) is 50.7 Å². The van der Waals surface area contributed by atoms with Gasteiger partial charge in [-0.05, 0) is 24.3 Å². The average Bonchev–Trinajstić information content (AvgIpc) is 3.30. The Kier molecular flexibility index (Phi) is 4.51. The van der Waals surface area contributed by atoms with E-state index < -0.39 is 11.2 Å². The maximum Gasteiger partial charge on any atom is 0.330 e. The summed E-state index contributed by atoms with van der Waals surface area (Å²) in [6.45, 7) is 3.03. The lowest BCUT2D eigenvalue weighted by Crippen LogP contribution is -2.47. The first kappa shape index (κ1) is 18.1. The summed E-state index contributed by atoms with van der Waals surface area (Å²) in [6.07, 6.45) is 4.75. The maximum atomic E-state index is 12.8. The van der Waals surface area contributed by atoms with Crippen molar-refractivity contribution in [2.24, 2.45) is 0 Å². The number of nitrogens with zero attached hydrogens (tertiary/aromatic N) is 6. The minimum Gasteiger partial charge on any atom is -0.467 e. The number of furan rings is 1. The van der Waals surface area contributed by atoms with Crippen LogP contribution in [0.15, 0.2) is 63.0 Å². The first-order chi connectivity index (χ1) is 14.7. The number of piperazine rings is 1. The number of rotatable bonds is 4. The fourth-order valence-corrected chi connectivity index (χ4v) is 3.56. The van der Waals surface area contributed by atoms with Crippen LogP contribution in [0.2, 0.25) is 0 Å². The van der Waals surface area contributed by atoms with Gasteiger partial charge in [0.15, 0.2) is 5.65 Å². The molecule has 152 valence electrons. The van der Waals surface area contributed by atoms with Gasteiger partial charge in [-0.1, -0.05) is 6.07 Å². The van der Waals surface area contributed by atoms with Crippen molar-refractivity contribution >= 4 is 22.8 Å². The Morgan fingerprint density at radius 1 is 1.00 bits per heavy atom. The van der Waals surface area contributed by atoms with E-state index in [-0.39, 0.29) is 17.6 Å². The van der Waals surface area contributed by atoms with Crippen LogP contribution in [0.4, 0.5) is 11.8 Å². The topological polar surface area (TPSA) is 113 Å². The molecule has 10 nitrogen and oxygen atoms in total. The van der Waals surface area contributed by atoms with Gasteiger partial charge in [-0.3, -0.25) is 14.3 Å². The third-order valence-electron chi connectivity index (χ3n) is 5.15. The summed E-state index contributed by atoms with van der Waals surface area (Å²) in [5.74, 6) is 1.95.